The highest BCUT2D eigenvalue weighted by atomic mass is 16.1. The van der Waals surface area contributed by atoms with Crippen LogP contribution in [0, 0.1) is 23.2 Å². The summed E-state index contributed by atoms with van der Waals surface area (Å²) >= 11 is 0. The largest absolute Gasteiger partial charge is 0.303 e. The molecule has 2 fully saturated rings. The maximum Gasteiger partial charge on any atom is 0.127 e. The predicted octanol–water partition coefficient (Wildman–Crippen LogP) is 2.18. The summed E-state index contributed by atoms with van der Waals surface area (Å²) in [6, 6.07) is 0. The third kappa shape index (κ3) is 0.562. The molecule has 0 unspecified atom stereocenters. The van der Waals surface area contributed by atoms with Gasteiger partial charge in [-0.25, -0.2) is 0 Å². The number of fused-ring (bicyclic) bond motifs is 5. The minimum Gasteiger partial charge on any atom is -0.303 e. The Bertz CT molecular complexity index is 256. The number of allylic oxidation sites excluding steroid dienone is 2. The zero-order valence-electron chi connectivity index (χ0n) is 7.20. The molecule has 0 amide bonds. The predicted molar refractivity (Wildman–Crippen MR) is 46.6 cm³/mol. The summed E-state index contributed by atoms with van der Waals surface area (Å²) in [4.78, 5) is 11.2. The van der Waals surface area contributed by atoms with Crippen molar-refractivity contribution in [2.24, 2.45) is 23.2 Å². The maximum atomic E-state index is 11.2. The average molecular weight is 162 g/mol. The molecule has 0 aliphatic heterocycles. The molecule has 3 aliphatic carbocycles. The van der Waals surface area contributed by atoms with Crippen LogP contribution < -0.4 is 0 Å². The van der Waals surface area contributed by atoms with Gasteiger partial charge in [0.05, 0.1) is 0 Å². The molecule has 64 valence electrons. The molecule has 1 heteroatoms. The van der Waals surface area contributed by atoms with Crippen LogP contribution in [-0.2, 0) is 4.79 Å². The summed E-state index contributed by atoms with van der Waals surface area (Å²) in [5.41, 5.74) is 0.0966. The molecule has 0 heterocycles. The van der Waals surface area contributed by atoms with Gasteiger partial charge in [-0.15, -0.1) is 0 Å². The standard InChI is InChI=1S/C11H14O/c12-7-11-5-1-2-10(11)8-3-4-9(11)6-8/h3-4,7-10H,1-2,5-6H2/t8-,9+,10-,11-/m0/s1. The van der Waals surface area contributed by atoms with Gasteiger partial charge in [-0.1, -0.05) is 18.6 Å². The number of carbonyl (C=O) groups is 1. The SMILES string of the molecule is O=C[C@]12CCC[C@H]1[C@H]1C=C[C@@H]2C1. The zero-order valence-corrected chi connectivity index (χ0v) is 7.20. The Balaban J connectivity index is 2.08. The molecule has 0 aromatic carbocycles. The fraction of sp³-hybridized carbons (Fsp3) is 0.727. The second-order valence-corrected chi connectivity index (χ2v) is 4.62. The lowest BCUT2D eigenvalue weighted by atomic mass is 9.72. The van der Waals surface area contributed by atoms with Gasteiger partial charge in [0.2, 0.25) is 0 Å². The topological polar surface area (TPSA) is 17.1 Å². The van der Waals surface area contributed by atoms with Crippen LogP contribution >= 0.6 is 0 Å². The van der Waals surface area contributed by atoms with Crippen molar-refractivity contribution in [2.45, 2.75) is 25.7 Å². The van der Waals surface area contributed by atoms with Crippen LogP contribution in [0.5, 0.6) is 0 Å². The maximum absolute atomic E-state index is 11.2. The first-order chi connectivity index (χ1) is 5.87. The van der Waals surface area contributed by atoms with E-state index in [1.165, 1.54) is 25.5 Å². The number of hydrogen-bond acceptors (Lipinski definition) is 1. The fourth-order valence-electron chi connectivity index (χ4n) is 3.81. The Hall–Kier alpha value is -0.590. The molecule has 3 rings (SSSR count). The Labute approximate surface area is 72.8 Å². The fourth-order valence-corrected chi connectivity index (χ4v) is 3.81. The third-order valence-corrected chi connectivity index (χ3v) is 4.36. The highest BCUT2D eigenvalue weighted by molar-refractivity contribution is 5.64. The molecular weight excluding hydrogens is 148 g/mol. The van der Waals surface area contributed by atoms with E-state index in [0.29, 0.717) is 11.8 Å². The molecule has 3 aliphatic rings. The average Bonchev–Trinajstić information content (AvgIpc) is 2.76. The zero-order chi connectivity index (χ0) is 8.18. The lowest BCUT2D eigenvalue weighted by Crippen LogP contribution is -2.31. The van der Waals surface area contributed by atoms with Crippen molar-refractivity contribution in [1.82, 2.24) is 0 Å². The minimum absolute atomic E-state index is 0.0966. The van der Waals surface area contributed by atoms with E-state index in [0.717, 1.165) is 12.3 Å². The van der Waals surface area contributed by atoms with Gasteiger partial charge in [0.1, 0.15) is 6.29 Å². The lowest BCUT2D eigenvalue weighted by Gasteiger charge is -2.30. The first kappa shape index (κ1) is 6.88. The molecular formula is C11H14O. The van der Waals surface area contributed by atoms with Crippen LogP contribution in [0.25, 0.3) is 0 Å². The summed E-state index contributed by atoms with van der Waals surface area (Å²) < 4.78 is 0. The molecule has 0 aromatic heterocycles. The van der Waals surface area contributed by atoms with Crippen LogP contribution in [0.4, 0.5) is 0 Å². The van der Waals surface area contributed by atoms with E-state index in [1.54, 1.807) is 0 Å². The molecule has 0 aromatic rings. The number of carbonyl (C=O) groups excluding carboxylic acids is 1. The van der Waals surface area contributed by atoms with Crippen molar-refractivity contribution >= 4 is 6.29 Å². The van der Waals surface area contributed by atoms with E-state index in [2.05, 4.69) is 12.2 Å². The van der Waals surface area contributed by atoms with Crippen LogP contribution in [0.2, 0.25) is 0 Å². The van der Waals surface area contributed by atoms with Gasteiger partial charge >= 0.3 is 0 Å². The molecule has 0 saturated heterocycles. The second kappa shape index (κ2) is 2.01. The Kier molecular flexibility index (Phi) is 1.15. The lowest BCUT2D eigenvalue weighted by molar-refractivity contribution is -0.118. The number of rotatable bonds is 1. The normalized spacial score (nSPS) is 54.5. The van der Waals surface area contributed by atoms with Crippen molar-refractivity contribution < 1.29 is 4.79 Å². The van der Waals surface area contributed by atoms with E-state index in [-0.39, 0.29) is 5.41 Å². The molecule has 12 heavy (non-hydrogen) atoms. The minimum atomic E-state index is 0.0966. The van der Waals surface area contributed by atoms with E-state index in [4.69, 9.17) is 0 Å². The molecule has 1 nitrogen and oxygen atoms in total. The Morgan fingerprint density at radius 2 is 2.33 bits per heavy atom. The van der Waals surface area contributed by atoms with E-state index in [1.807, 2.05) is 0 Å². The second-order valence-electron chi connectivity index (χ2n) is 4.62. The molecule has 0 spiro atoms. The van der Waals surface area contributed by atoms with Crippen LogP contribution in [0.3, 0.4) is 0 Å². The molecule has 0 N–H and O–H groups in total. The molecule has 4 atom stereocenters. The van der Waals surface area contributed by atoms with Crippen molar-refractivity contribution in [3.63, 3.8) is 0 Å². The Morgan fingerprint density at radius 1 is 1.42 bits per heavy atom. The summed E-state index contributed by atoms with van der Waals surface area (Å²) in [5.74, 6) is 2.07. The van der Waals surface area contributed by atoms with Crippen LogP contribution in [0.15, 0.2) is 12.2 Å². The van der Waals surface area contributed by atoms with Gasteiger partial charge in [-0.3, -0.25) is 0 Å². The monoisotopic (exact) mass is 162 g/mol. The summed E-state index contributed by atoms with van der Waals surface area (Å²) in [6.07, 6.45) is 10.9. The van der Waals surface area contributed by atoms with Crippen molar-refractivity contribution in [1.29, 1.82) is 0 Å². The van der Waals surface area contributed by atoms with Gasteiger partial charge < -0.3 is 4.79 Å². The van der Waals surface area contributed by atoms with Gasteiger partial charge in [0, 0.05) is 5.41 Å². The van der Waals surface area contributed by atoms with E-state index < -0.39 is 0 Å². The quantitative estimate of drug-likeness (QED) is 0.426. The third-order valence-electron chi connectivity index (χ3n) is 4.36. The van der Waals surface area contributed by atoms with Gasteiger partial charge in [-0.2, -0.15) is 0 Å². The van der Waals surface area contributed by atoms with Crippen molar-refractivity contribution in [3.05, 3.63) is 12.2 Å². The van der Waals surface area contributed by atoms with Crippen LogP contribution in [0.1, 0.15) is 25.7 Å². The summed E-state index contributed by atoms with van der Waals surface area (Å²) in [7, 11) is 0. The first-order valence-corrected chi connectivity index (χ1v) is 5.01. The van der Waals surface area contributed by atoms with Crippen LogP contribution in [-0.4, -0.2) is 6.29 Å². The number of hydrogen-bond donors (Lipinski definition) is 0. The first-order valence-electron chi connectivity index (χ1n) is 5.01. The molecule has 2 saturated carbocycles. The summed E-state index contributed by atoms with van der Waals surface area (Å²) in [5, 5.41) is 0. The van der Waals surface area contributed by atoms with Gasteiger partial charge in [-0.05, 0) is 37.0 Å². The van der Waals surface area contributed by atoms with Gasteiger partial charge in [0.25, 0.3) is 0 Å². The molecule has 0 radical (unpaired) electrons. The van der Waals surface area contributed by atoms with E-state index in [9.17, 15) is 4.79 Å². The highest BCUT2D eigenvalue weighted by Gasteiger charge is 2.57. The smallest absolute Gasteiger partial charge is 0.127 e. The van der Waals surface area contributed by atoms with Crippen molar-refractivity contribution in [3.8, 4) is 0 Å². The highest BCUT2D eigenvalue weighted by Crippen LogP contribution is 2.62. The van der Waals surface area contributed by atoms with Gasteiger partial charge in [0.15, 0.2) is 0 Å². The number of aldehydes is 1. The molecule has 2 bridgehead atoms. The van der Waals surface area contributed by atoms with Crippen molar-refractivity contribution in [2.75, 3.05) is 0 Å². The summed E-state index contributed by atoms with van der Waals surface area (Å²) in [6.45, 7) is 0. The Morgan fingerprint density at radius 3 is 3.08 bits per heavy atom. The van der Waals surface area contributed by atoms with E-state index >= 15 is 0 Å².